The van der Waals surface area contributed by atoms with Gasteiger partial charge in [-0.15, -0.1) is 0 Å². The third-order valence-electron chi connectivity index (χ3n) is 4.05. The number of amides is 2. The lowest BCUT2D eigenvalue weighted by molar-refractivity contribution is 0.0294. The van der Waals surface area contributed by atoms with E-state index >= 15 is 0 Å². The highest BCUT2D eigenvalue weighted by Crippen LogP contribution is 2.10. The first-order valence-corrected chi connectivity index (χ1v) is 10.0. The maximum absolute atomic E-state index is 12.5. The number of hydrogen-bond donors (Lipinski definition) is 0. The van der Waals surface area contributed by atoms with Crippen LogP contribution in [-0.4, -0.2) is 67.5 Å². The fourth-order valence-electron chi connectivity index (χ4n) is 2.53. The molecule has 0 aliphatic rings. The molecule has 1 rings (SSSR count). The second kappa shape index (κ2) is 12.8. The third kappa shape index (κ3) is 11.1. The summed E-state index contributed by atoms with van der Waals surface area (Å²) >= 11 is 0. The fraction of sp³-hybridized carbons (Fsp3) is 0.591. The van der Waals surface area contributed by atoms with Crippen LogP contribution in [0.4, 0.5) is 9.59 Å². The number of unbranched alkanes of at least 4 members (excludes halogenated alkanes) is 1. The summed E-state index contributed by atoms with van der Waals surface area (Å²) in [6.07, 6.45) is 3.31. The molecule has 0 aromatic heterocycles. The minimum absolute atomic E-state index is 0.249. The summed E-state index contributed by atoms with van der Waals surface area (Å²) in [5.41, 5.74) is 0.445. The molecule has 0 saturated heterocycles. The Morgan fingerprint density at radius 3 is 2.31 bits per heavy atom. The Labute approximate surface area is 174 Å². The Balaban J connectivity index is 2.44. The summed E-state index contributed by atoms with van der Waals surface area (Å²) < 4.78 is 10.8. The van der Waals surface area contributed by atoms with Crippen LogP contribution in [0, 0.1) is 0 Å². The van der Waals surface area contributed by atoms with Gasteiger partial charge >= 0.3 is 12.2 Å². The molecule has 0 unspecified atom stereocenters. The van der Waals surface area contributed by atoms with Gasteiger partial charge in [0, 0.05) is 46.4 Å². The van der Waals surface area contributed by atoms with E-state index in [9.17, 15) is 9.59 Å². The lowest BCUT2D eigenvalue weighted by atomic mass is 10.2. The molecule has 0 aliphatic carbocycles. The second-order valence-corrected chi connectivity index (χ2v) is 7.87. The van der Waals surface area contributed by atoms with Crippen molar-refractivity contribution in [2.75, 3.05) is 33.7 Å². The van der Waals surface area contributed by atoms with Crippen LogP contribution >= 0.6 is 0 Å². The van der Waals surface area contributed by atoms with Crippen molar-refractivity contribution in [2.45, 2.75) is 52.2 Å². The predicted octanol–water partition coefficient (Wildman–Crippen LogP) is 4.36. The largest absolute Gasteiger partial charge is 0.445 e. The lowest BCUT2D eigenvalue weighted by Gasteiger charge is -2.25. The van der Waals surface area contributed by atoms with Gasteiger partial charge in [0.2, 0.25) is 0 Å². The van der Waals surface area contributed by atoms with Crippen LogP contribution in [-0.2, 0) is 16.1 Å². The number of nitrogens with zero attached hydrogens (tertiary/aromatic N) is 3. The molecule has 7 nitrogen and oxygen atoms in total. The SMILES string of the molecule is C/N=C/CCN(CCCCN(C)C(=O)OC(C)(C)C)C(=O)OCc1ccccc1. The van der Waals surface area contributed by atoms with Crippen molar-refractivity contribution in [1.29, 1.82) is 0 Å². The molecule has 0 radical (unpaired) electrons. The molecule has 0 spiro atoms. The van der Waals surface area contributed by atoms with Crippen LogP contribution in [0.2, 0.25) is 0 Å². The Morgan fingerprint density at radius 2 is 1.69 bits per heavy atom. The van der Waals surface area contributed by atoms with Gasteiger partial charge in [-0.3, -0.25) is 0 Å². The van der Waals surface area contributed by atoms with Crippen molar-refractivity contribution in [2.24, 2.45) is 4.99 Å². The van der Waals surface area contributed by atoms with Gasteiger partial charge in [-0.25, -0.2) is 9.59 Å². The smallest absolute Gasteiger partial charge is 0.410 e. The van der Waals surface area contributed by atoms with Gasteiger partial charge in [0.1, 0.15) is 12.2 Å². The molecular formula is C22H35N3O4. The van der Waals surface area contributed by atoms with Crippen molar-refractivity contribution >= 4 is 18.4 Å². The van der Waals surface area contributed by atoms with Gasteiger partial charge < -0.3 is 24.3 Å². The van der Waals surface area contributed by atoms with Crippen molar-refractivity contribution in [1.82, 2.24) is 9.80 Å². The zero-order valence-corrected chi connectivity index (χ0v) is 18.4. The molecular weight excluding hydrogens is 370 g/mol. The second-order valence-electron chi connectivity index (χ2n) is 7.87. The predicted molar refractivity (Wildman–Crippen MR) is 115 cm³/mol. The van der Waals surface area contributed by atoms with Crippen LogP contribution in [0.3, 0.4) is 0 Å². The number of ether oxygens (including phenoxy) is 2. The summed E-state index contributed by atoms with van der Waals surface area (Å²) in [5, 5.41) is 0. The number of benzene rings is 1. The van der Waals surface area contributed by atoms with Gasteiger partial charge in [-0.2, -0.15) is 0 Å². The van der Waals surface area contributed by atoms with Gasteiger partial charge in [0.05, 0.1) is 0 Å². The third-order valence-corrected chi connectivity index (χ3v) is 4.05. The van der Waals surface area contributed by atoms with Crippen LogP contribution < -0.4 is 0 Å². The monoisotopic (exact) mass is 405 g/mol. The number of rotatable bonds is 10. The summed E-state index contributed by atoms with van der Waals surface area (Å²) in [5.74, 6) is 0. The zero-order valence-electron chi connectivity index (χ0n) is 18.4. The van der Waals surface area contributed by atoms with E-state index in [1.165, 1.54) is 0 Å². The van der Waals surface area contributed by atoms with Gasteiger partial charge in [-0.1, -0.05) is 30.3 Å². The number of hydrogen-bond acceptors (Lipinski definition) is 5. The molecule has 2 amide bonds. The highest BCUT2D eigenvalue weighted by atomic mass is 16.6. The van der Waals surface area contributed by atoms with Gasteiger partial charge in [0.25, 0.3) is 0 Å². The van der Waals surface area contributed by atoms with Crippen LogP contribution in [0.15, 0.2) is 35.3 Å². The Bertz CT molecular complexity index is 641. The zero-order chi connectivity index (χ0) is 21.7. The molecule has 0 fully saturated rings. The van der Waals surface area contributed by atoms with E-state index in [-0.39, 0.29) is 18.8 Å². The van der Waals surface area contributed by atoms with Crippen molar-refractivity contribution in [3.8, 4) is 0 Å². The summed E-state index contributed by atoms with van der Waals surface area (Å²) in [4.78, 5) is 31.7. The van der Waals surface area contributed by atoms with Crippen molar-refractivity contribution in [3.63, 3.8) is 0 Å². The molecule has 0 aliphatic heterocycles. The van der Waals surface area contributed by atoms with Crippen molar-refractivity contribution < 1.29 is 19.1 Å². The normalized spacial score (nSPS) is 11.3. The topological polar surface area (TPSA) is 71.4 Å². The van der Waals surface area contributed by atoms with E-state index in [0.717, 1.165) is 18.4 Å². The first-order valence-electron chi connectivity index (χ1n) is 10.0. The highest BCUT2D eigenvalue weighted by Gasteiger charge is 2.19. The van der Waals surface area contributed by atoms with Crippen LogP contribution in [0.25, 0.3) is 0 Å². The summed E-state index contributed by atoms with van der Waals surface area (Å²) in [6.45, 7) is 7.46. The lowest BCUT2D eigenvalue weighted by Crippen LogP contribution is -2.36. The average molecular weight is 406 g/mol. The molecule has 0 atom stereocenters. The van der Waals surface area contributed by atoms with E-state index in [4.69, 9.17) is 9.47 Å². The molecule has 0 saturated carbocycles. The number of carbonyl (C=O) groups excluding carboxylic acids is 2. The minimum Gasteiger partial charge on any atom is -0.445 e. The van der Waals surface area contributed by atoms with E-state index in [2.05, 4.69) is 4.99 Å². The summed E-state index contributed by atoms with van der Waals surface area (Å²) in [7, 11) is 3.43. The number of carbonyl (C=O) groups is 2. The van der Waals surface area contributed by atoms with E-state index < -0.39 is 5.60 Å². The maximum atomic E-state index is 12.5. The first-order chi connectivity index (χ1) is 13.7. The first kappa shape index (κ1) is 24.5. The molecule has 1 aromatic carbocycles. The molecule has 1 aromatic rings. The molecule has 0 N–H and O–H groups in total. The summed E-state index contributed by atoms with van der Waals surface area (Å²) in [6, 6.07) is 9.61. The van der Waals surface area contributed by atoms with Crippen LogP contribution in [0.5, 0.6) is 0 Å². The van der Waals surface area contributed by atoms with Gasteiger partial charge in [0.15, 0.2) is 0 Å². The van der Waals surface area contributed by atoms with E-state index in [0.29, 0.717) is 26.1 Å². The van der Waals surface area contributed by atoms with Gasteiger partial charge in [-0.05, 0) is 39.2 Å². The average Bonchev–Trinajstić information content (AvgIpc) is 2.67. The molecule has 0 heterocycles. The van der Waals surface area contributed by atoms with E-state index in [1.807, 2.05) is 51.1 Å². The molecule has 162 valence electrons. The van der Waals surface area contributed by atoms with Crippen molar-refractivity contribution in [3.05, 3.63) is 35.9 Å². The minimum atomic E-state index is -0.508. The van der Waals surface area contributed by atoms with Crippen LogP contribution in [0.1, 0.15) is 45.6 Å². The number of aliphatic imine (C=N–C) groups is 1. The Kier molecular flexibility index (Phi) is 10.8. The Morgan fingerprint density at radius 1 is 1.03 bits per heavy atom. The fourth-order valence-corrected chi connectivity index (χ4v) is 2.53. The molecule has 0 bridgehead atoms. The highest BCUT2D eigenvalue weighted by molar-refractivity contribution is 5.68. The standard InChI is InChI=1S/C22H35N3O4/c1-22(2,3)29-20(26)24(5)15-9-10-16-25(17-11-14-23-4)21(27)28-18-19-12-7-6-8-13-19/h6-8,12-14H,9-11,15-18H2,1-5H3/b23-14+. The molecule has 29 heavy (non-hydrogen) atoms. The molecule has 7 heteroatoms. The van der Waals surface area contributed by atoms with E-state index in [1.54, 1.807) is 30.1 Å². The Hall–Kier alpha value is -2.57. The maximum Gasteiger partial charge on any atom is 0.410 e. The quantitative estimate of drug-likeness (QED) is 0.428.